The Labute approximate surface area is 370 Å². The van der Waals surface area contributed by atoms with Gasteiger partial charge in [0.2, 0.25) is 0 Å². The van der Waals surface area contributed by atoms with E-state index in [1.165, 1.54) is 120 Å². The van der Waals surface area contributed by atoms with Crippen molar-refractivity contribution in [2.45, 2.75) is 47.0 Å². The van der Waals surface area contributed by atoms with Crippen molar-refractivity contribution < 1.29 is 0 Å². The Morgan fingerprint density at radius 3 is 1.22 bits per heavy atom. The van der Waals surface area contributed by atoms with Gasteiger partial charge in [-0.2, -0.15) is 0 Å². The average molecular weight is 807 g/mol. The van der Waals surface area contributed by atoms with E-state index in [0.717, 1.165) is 0 Å². The Morgan fingerprint density at radius 2 is 0.667 bits per heavy atom. The largest absolute Gasteiger partial charge is 0.0616 e. The predicted molar refractivity (Wildman–Crippen MR) is 273 cm³/mol. The van der Waals surface area contributed by atoms with E-state index in [-0.39, 0.29) is 16.2 Å². The van der Waals surface area contributed by atoms with Gasteiger partial charge >= 0.3 is 0 Å². The van der Waals surface area contributed by atoms with Gasteiger partial charge in [-0.15, -0.1) is 0 Å². The maximum Gasteiger partial charge on any atom is 0.0324 e. The Kier molecular flexibility index (Phi) is 8.08. The Hall–Kier alpha value is -7.02. The first-order valence-electron chi connectivity index (χ1n) is 22.6. The SMILES string of the molecule is CC(C)(C)C1(C(C)(C)C)c2c(cc(-c3ccc(-c4c5ccccc5c(-c5cccc6ccccc56)c5ccccc45)cc3)c3ccccc23)-c2c1c1ccccc1c1ccccc21. The standard InChI is InChI=1S/C63H50/c1-61(2,3)63(62(4,5)6)59-52-31-17-11-25-45(52)54(38-55(59)58-47-26-12-9-23-43(47)44-24-10-18-32-53(44)60(58)63)40-34-36-41(37-35-40)56-48-27-13-15-29-50(48)57(51-30-16-14-28-49(51)56)46-33-19-21-39-20-7-8-22-42(39)46/h7-38H,1-6H3. The molecule has 0 amide bonds. The molecule has 0 aliphatic heterocycles. The smallest absolute Gasteiger partial charge is 0.0324 e. The minimum atomic E-state index is -0.295. The van der Waals surface area contributed by atoms with Gasteiger partial charge in [-0.1, -0.05) is 230 Å². The van der Waals surface area contributed by atoms with Gasteiger partial charge in [0.05, 0.1) is 0 Å². The summed E-state index contributed by atoms with van der Waals surface area (Å²) >= 11 is 0. The molecule has 0 N–H and O–H groups in total. The second kappa shape index (κ2) is 13.5. The lowest BCUT2D eigenvalue weighted by Crippen LogP contribution is -2.50. The molecule has 0 atom stereocenters. The summed E-state index contributed by atoms with van der Waals surface area (Å²) in [4.78, 5) is 0. The summed E-state index contributed by atoms with van der Waals surface area (Å²) in [6, 6.07) is 73.1. The van der Waals surface area contributed by atoms with E-state index in [9.17, 15) is 0 Å². The number of hydrogen-bond donors (Lipinski definition) is 0. The van der Waals surface area contributed by atoms with Crippen molar-refractivity contribution >= 4 is 64.6 Å². The van der Waals surface area contributed by atoms with E-state index in [4.69, 9.17) is 0 Å². The van der Waals surface area contributed by atoms with Gasteiger partial charge in [0, 0.05) is 5.41 Å². The van der Waals surface area contributed by atoms with Crippen molar-refractivity contribution in [3.63, 3.8) is 0 Å². The van der Waals surface area contributed by atoms with Gasteiger partial charge in [-0.05, 0) is 137 Å². The third kappa shape index (κ3) is 5.16. The first kappa shape index (κ1) is 37.7. The molecular weight excluding hydrogens is 757 g/mol. The molecule has 0 heteroatoms. The van der Waals surface area contributed by atoms with E-state index in [0.29, 0.717) is 0 Å². The summed E-state index contributed by atoms with van der Waals surface area (Å²) in [5, 5.41) is 15.6. The molecule has 11 aromatic carbocycles. The van der Waals surface area contributed by atoms with Gasteiger partial charge in [-0.25, -0.2) is 0 Å². The second-order valence-corrected chi connectivity index (χ2v) is 19.9. The first-order chi connectivity index (χ1) is 30.6. The zero-order valence-electron chi connectivity index (χ0n) is 37.0. The summed E-state index contributed by atoms with van der Waals surface area (Å²) in [5.74, 6) is 0. The Bertz CT molecular complexity index is 3600. The van der Waals surface area contributed by atoms with Crippen LogP contribution in [-0.2, 0) is 5.41 Å². The van der Waals surface area contributed by atoms with Crippen LogP contribution >= 0.6 is 0 Å². The Balaban J connectivity index is 1.12. The zero-order valence-corrected chi connectivity index (χ0v) is 37.0. The lowest BCUT2D eigenvalue weighted by molar-refractivity contribution is 0.0977. The fourth-order valence-corrected chi connectivity index (χ4v) is 12.8. The molecule has 63 heavy (non-hydrogen) atoms. The molecule has 0 fully saturated rings. The molecule has 0 heterocycles. The van der Waals surface area contributed by atoms with E-state index in [2.05, 4.69) is 236 Å². The highest BCUT2D eigenvalue weighted by Crippen LogP contribution is 2.69. The fourth-order valence-electron chi connectivity index (χ4n) is 12.8. The van der Waals surface area contributed by atoms with Gasteiger partial charge in [0.15, 0.2) is 0 Å². The fraction of sp³-hybridized carbons (Fsp3) is 0.143. The van der Waals surface area contributed by atoms with Gasteiger partial charge < -0.3 is 0 Å². The molecule has 302 valence electrons. The highest BCUT2D eigenvalue weighted by atomic mass is 14.6. The van der Waals surface area contributed by atoms with Crippen LogP contribution in [0.3, 0.4) is 0 Å². The van der Waals surface area contributed by atoms with Crippen LogP contribution in [0.1, 0.15) is 52.7 Å². The van der Waals surface area contributed by atoms with E-state index >= 15 is 0 Å². The quantitative estimate of drug-likeness (QED) is 0.123. The van der Waals surface area contributed by atoms with Crippen molar-refractivity contribution in [1.82, 2.24) is 0 Å². The topological polar surface area (TPSA) is 0 Å². The molecule has 12 rings (SSSR count). The van der Waals surface area contributed by atoms with Gasteiger partial charge in [-0.3, -0.25) is 0 Å². The normalized spacial score (nSPS) is 13.7. The number of rotatable bonds is 3. The monoisotopic (exact) mass is 806 g/mol. The molecule has 0 aromatic heterocycles. The van der Waals surface area contributed by atoms with E-state index < -0.39 is 0 Å². The maximum atomic E-state index is 2.57. The van der Waals surface area contributed by atoms with Gasteiger partial charge in [0.25, 0.3) is 0 Å². The zero-order chi connectivity index (χ0) is 42.8. The summed E-state index contributed by atoms with van der Waals surface area (Å²) in [6.45, 7) is 14.9. The van der Waals surface area contributed by atoms with Gasteiger partial charge in [0.1, 0.15) is 0 Å². The van der Waals surface area contributed by atoms with E-state index in [1.807, 2.05) is 0 Å². The first-order valence-corrected chi connectivity index (χ1v) is 22.6. The summed E-state index contributed by atoms with van der Waals surface area (Å²) in [7, 11) is 0. The molecule has 1 aliphatic carbocycles. The van der Waals surface area contributed by atoms with Crippen LogP contribution < -0.4 is 0 Å². The van der Waals surface area contributed by atoms with Crippen LogP contribution in [0.2, 0.25) is 0 Å². The van der Waals surface area contributed by atoms with Crippen LogP contribution in [-0.4, -0.2) is 0 Å². The summed E-state index contributed by atoms with van der Waals surface area (Å²) in [5.41, 5.74) is 12.8. The molecule has 0 nitrogen and oxygen atoms in total. The molecule has 0 bridgehead atoms. The van der Waals surface area contributed by atoms with Crippen LogP contribution in [0.5, 0.6) is 0 Å². The third-order valence-electron chi connectivity index (χ3n) is 14.7. The number of hydrogen-bond acceptors (Lipinski definition) is 0. The Morgan fingerprint density at radius 1 is 0.270 bits per heavy atom. The molecule has 0 unspecified atom stereocenters. The number of benzene rings is 11. The third-order valence-corrected chi connectivity index (χ3v) is 14.7. The molecular formula is C63H50. The maximum absolute atomic E-state index is 2.57. The molecule has 1 aliphatic rings. The minimum absolute atomic E-state index is 0.114. The second-order valence-electron chi connectivity index (χ2n) is 19.9. The predicted octanol–water partition coefficient (Wildman–Crippen LogP) is 18.0. The summed E-state index contributed by atoms with van der Waals surface area (Å²) in [6.07, 6.45) is 0. The lowest BCUT2D eigenvalue weighted by atomic mass is 9.49. The number of fused-ring (bicyclic) bond motifs is 13. The van der Waals surface area contributed by atoms with Crippen molar-refractivity contribution in [3.05, 3.63) is 205 Å². The summed E-state index contributed by atoms with van der Waals surface area (Å²) < 4.78 is 0. The molecule has 0 spiro atoms. The van der Waals surface area contributed by atoms with Crippen LogP contribution in [0.25, 0.3) is 109 Å². The van der Waals surface area contributed by atoms with Crippen molar-refractivity contribution in [1.29, 1.82) is 0 Å². The average Bonchev–Trinajstić information content (AvgIpc) is 3.65. The molecule has 0 saturated heterocycles. The lowest BCUT2D eigenvalue weighted by Gasteiger charge is -2.54. The van der Waals surface area contributed by atoms with Crippen LogP contribution in [0, 0.1) is 10.8 Å². The van der Waals surface area contributed by atoms with Crippen molar-refractivity contribution in [3.8, 4) is 44.5 Å². The van der Waals surface area contributed by atoms with E-state index in [1.54, 1.807) is 0 Å². The minimum Gasteiger partial charge on any atom is -0.0616 e. The van der Waals surface area contributed by atoms with Crippen LogP contribution in [0.4, 0.5) is 0 Å². The molecule has 0 saturated carbocycles. The van der Waals surface area contributed by atoms with Crippen molar-refractivity contribution in [2.75, 3.05) is 0 Å². The highest BCUT2D eigenvalue weighted by molar-refractivity contribution is 6.24. The van der Waals surface area contributed by atoms with Crippen LogP contribution in [0.15, 0.2) is 194 Å². The molecule has 0 radical (unpaired) electrons. The highest BCUT2D eigenvalue weighted by Gasteiger charge is 2.59. The molecule has 11 aromatic rings. The van der Waals surface area contributed by atoms with Crippen molar-refractivity contribution in [2.24, 2.45) is 10.8 Å².